The number of hydrogen-bond acceptors (Lipinski definition) is 5. The number of likely N-dealkylation sites (N-methyl/N-ethyl adjacent to an activating group) is 1. The highest BCUT2D eigenvalue weighted by molar-refractivity contribution is 7.99. The Morgan fingerprint density at radius 1 is 1.00 bits per heavy atom. The van der Waals surface area contributed by atoms with Crippen molar-refractivity contribution >= 4 is 40.9 Å². The molecule has 1 aliphatic rings. The lowest BCUT2D eigenvalue weighted by Crippen LogP contribution is -2.50. The number of hydrogen-bond donors (Lipinski definition) is 0. The molecule has 1 aliphatic heterocycles. The van der Waals surface area contributed by atoms with Crippen molar-refractivity contribution in [2.75, 3.05) is 23.0 Å². The van der Waals surface area contributed by atoms with Gasteiger partial charge in [-0.3, -0.25) is 14.5 Å². The number of nitrogens with zero attached hydrogens (tertiary/aromatic N) is 2. The normalized spacial score (nSPS) is 13.4. The van der Waals surface area contributed by atoms with E-state index in [1.165, 1.54) is 16.7 Å². The van der Waals surface area contributed by atoms with E-state index in [0.717, 1.165) is 21.0 Å². The summed E-state index contributed by atoms with van der Waals surface area (Å²) < 4.78 is 5.18. The first-order valence-electron chi connectivity index (χ1n) is 11.6. The molecule has 3 aromatic carbocycles. The summed E-state index contributed by atoms with van der Waals surface area (Å²) in [5, 5.41) is 0. The monoisotopic (exact) mass is 488 g/mol. The number of esters is 1. The predicted molar refractivity (Wildman–Crippen MR) is 138 cm³/mol. The molecule has 0 spiro atoms. The number of ether oxygens (including phenoxy) is 1. The average Bonchev–Trinajstić information content (AvgIpc) is 2.97. The van der Waals surface area contributed by atoms with Crippen LogP contribution in [0.25, 0.3) is 0 Å². The fourth-order valence-electron chi connectivity index (χ4n) is 4.21. The van der Waals surface area contributed by atoms with Crippen LogP contribution in [0, 0.1) is 6.92 Å². The van der Waals surface area contributed by atoms with Gasteiger partial charge < -0.3 is 9.64 Å². The van der Waals surface area contributed by atoms with Crippen LogP contribution in [0.4, 0.5) is 11.4 Å². The lowest BCUT2D eigenvalue weighted by Gasteiger charge is -2.33. The van der Waals surface area contributed by atoms with Crippen LogP contribution in [0.2, 0.25) is 0 Å². The predicted octanol–water partition coefficient (Wildman–Crippen LogP) is 5.72. The van der Waals surface area contributed by atoms with Gasteiger partial charge in [-0.15, -0.1) is 0 Å². The Bertz CT molecular complexity index is 1290. The van der Waals surface area contributed by atoms with Crippen molar-refractivity contribution < 1.29 is 19.1 Å². The molecule has 0 aromatic heterocycles. The highest BCUT2D eigenvalue weighted by Gasteiger charge is 2.36. The minimum atomic E-state index is -0.814. The molecule has 35 heavy (non-hydrogen) atoms. The Balaban J connectivity index is 1.82. The minimum absolute atomic E-state index is 0.205. The van der Waals surface area contributed by atoms with Gasteiger partial charge in [0.15, 0.2) is 0 Å². The van der Waals surface area contributed by atoms with Gasteiger partial charge in [0.25, 0.3) is 5.91 Å². The summed E-state index contributed by atoms with van der Waals surface area (Å²) in [5.74, 6) is -0.958. The van der Waals surface area contributed by atoms with Crippen LogP contribution in [0.15, 0.2) is 76.5 Å². The van der Waals surface area contributed by atoms with E-state index < -0.39 is 12.0 Å². The van der Waals surface area contributed by atoms with Crippen molar-refractivity contribution in [2.24, 2.45) is 0 Å². The van der Waals surface area contributed by atoms with Crippen LogP contribution in [0.1, 0.15) is 47.1 Å². The Hall–Kier alpha value is -3.58. The second kappa shape index (κ2) is 10.4. The van der Waals surface area contributed by atoms with Gasteiger partial charge in [0.1, 0.15) is 6.04 Å². The van der Waals surface area contributed by atoms with Crippen molar-refractivity contribution in [3.05, 3.63) is 83.4 Å². The third-order valence-electron chi connectivity index (χ3n) is 5.93. The molecule has 2 amide bonds. The molecule has 1 atom stereocenters. The van der Waals surface area contributed by atoms with Gasteiger partial charge in [0.2, 0.25) is 5.91 Å². The summed E-state index contributed by atoms with van der Waals surface area (Å²) in [6.07, 6.45) is 0. The third kappa shape index (κ3) is 4.82. The maximum Gasteiger partial charge on any atom is 0.338 e. The van der Waals surface area contributed by atoms with Crippen molar-refractivity contribution in [1.29, 1.82) is 0 Å². The molecule has 0 radical (unpaired) electrons. The summed E-state index contributed by atoms with van der Waals surface area (Å²) in [6, 6.07) is 19.4. The molecule has 0 bridgehead atoms. The highest BCUT2D eigenvalue weighted by Crippen LogP contribution is 2.42. The van der Waals surface area contributed by atoms with Crippen LogP contribution in [0.3, 0.4) is 0 Å². The second-order valence-electron chi connectivity index (χ2n) is 8.27. The maximum atomic E-state index is 13.9. The van der Waals surface area contributed by atoms with Crippen LogP contribution in [-0.2, 0) is 9.53 Å². The largest absolute Gasteiger partial charge is 0.462 e. The first-order chi connectivity index (χ1) is 16.8. The molecule has 3 aromatic rings. The molecule has 0 N–H and O–H groups in total. The summed E-state index contributed by atoms with van der Waals surface area (Å²) >= 11 is 1.45. The van der Waals surface area contributed by atoms with E-state index in [4.69, 9.17) is 4.74 Å². The van der Waals surface area contributed by atoms with Crippen LogP contribution < -0.4 is 9.80 Å². The Kier molecular flexibility index (Phi) is 7.26. The van der Waals surface area contributed by atoms with Crippen molar-refractivity contribution in [2.45, 2.75) is 43.5 Å². The average molecular weight is 489 g/mol. The summed E-state index contributed by atoms with van der Waals surface area (Å²) in [5.41, 5.74) is 3.19. The van der Waals surface area contributed by atoms with E-state index in [-0.39, 0.29) is 18.4 Å². The van der Waals surface area contributed by atoms with Gasteiger partial charge in [0, 0.05) is 22.0 Å². The zero-order valence-electron chi connectivity index (χ0n) is 20.3. The lowest BCUT2D eigenvalue weighted by atomic mass is 10.1. The fraction of sp³-hybridized carbons (Fsp3) is 0.250. The fourth-order valence-corrected chi connectivity index (χ4v) is 5.25. The molecule has 0 unspecified atom stereocenters. The molecule has 0 fully saturated rings. The number of carbonyl (C=O) groups excluding carboxylic acids is 3. The summed E-state index contributed by atoms with van der Waals surface area (Å²) in [7, 11) is 0. The smallest absolute Gasteiger partial charge is 0.338 e. The SMILES string of the molecule is CCOC(=O)c1ccc2c(c1)N([C@H](C)C(=O)N(CC)c1cccc(C)c1)C(=O)c1ccccc1S2. The molecular formula is C28H28N2O4S. The number of aryl methyl sites for hydroxylation is 1. The van der Waals surface area contributed by atoms with Gasteiger partial charge in [-0.2, -0.15) is 0 Å². The summed E-state index contributed by atoms with van der Waals surface area (Å²) in [4.78, 5) is 45.0. The Morgan fingerprint density at radius 2 is 1.77 bits per heavy atom. The molecule has 180 valence electrons. The summed E-state index contributed by atoms with van der Waals surface area (Å²) in [6.45, 7) is 8.07. The van der Waals surface area contributed by atoms with Gasteiger partial charge in [-0.05, 0) is 75.7 Å². The van der Waals surface area contributed by atoms with Gasteiger partial charge in [0.05, 0.1) is 23.4 Å². The zero-order chi connectivity index (χ0) is 25.1. The van der Waals surface area contributed by atoms with Crippen molar-refractivity contribution in [1.82, 2.24) is 0 Å². The van der Waals surface area contributed by atoms with E-state index in [1.807, 2.05) is 62.4 Å². The second-order valence-corrected chi connectivity index (χ2v) is 9.36. The molecule has 0 saturated carbocycles. The van der Waals surface area contributed by atoms with Gasteiger partial charge >= 0.3 is 5.97 Å². The first-order valence-corrected chi connectivity index (χ1v) is 12.5. The standard InChI is InChI=1S/C28H28N2O4S/c1-5-29(21-11-9-10-18(3)16-21)26(31)19(4)30-23-17-20(28(33)34-6-2)14-15-25(23)35-24-13-8-7-12-22(24)27(30)32/h7-17,19H,5-6H2,1-4H3/t19-/m1/s1. The number of benzene rings is 3. The number of anilines is 2. The minimum Gasteiger partial charge on any atom is -0.462 e. The molecule has 4 rings (SSSR count). The molecule has 7 heteroatoms. The lowest BCUT2D eigenvalue weighted by molar-refractivity contribution is -0.119. The zero-order valence-corrected chi connectivity index (χ0v) is 21.1. The van der Waals surface area contributed by atoms with E-state index >= 15 is 0 Å². The molecule has 0 aliphatic carbocycles. The van der Waals surface area contributed by atoms with Gasteiger partial charge in [-0.25, -0.2) is 4.79 Å². The van der Waals surface area contributed by atoms with Crippen LogP contribution >= 0.6 is 11.8 Å². The number of carbonyl (C=O) groups is 3. The highest BCUT2D eigenvalue weighted by atomic mass is 32.2. The Morgan fingerprint density at radius 3 is 2.49 bits per heavy atom. The van der Waals surface area contributed by atoms with E-state index in [1.54, 1.807) is 36.9 Å². The van der Waals surface area contributed by atoms with Crippen molar-refractivity contribution in [3.63, 3.8) is 0 Å². The van der Waals surface area contributed by atoms with Gasteiger partial charge in [-0.1, -0.05) is 36.0 Å². The van der Waals surface area contributed by atoms with E-state index in [2.05, 4.69) is 0 Å². The number of fused-ring (bicyclic) bond motifs is 2. The number of rotatable bonds is 6. The van der Waals surface area contributed by atoms with E-state index in [0.29, 0.717) is 23.4 Å². The first kappa shape index (κ1) is 24.5. The van der Waals surface area contributed by atoms with Crippen molar-refractivity contribution in [3.8, 4) is 0 Å². The van der Waals surface area contributed by atoms with Crippen LogP contribution in [-0.4, -0.2) is 37.0 Å². The molecule has 0 saturated heterocycles. The quantitative estimate of drug-likeness (QED) is 0.415. The van der Waals surface area contributed by atoms with E-state index in [9.17, 15) is 14.4 Å². The van der Waals surface area contributed by atoms with Crippen LogP contribution in [0.5, 0.6) is 0 Å². The third-order valence-corrected chi connectivity index (χ3v) is 7.07. The molecule has 1 heterocycles. The molecule has 6 nitrogen and oxygen atoms in total. The number of amides is 2. The molecular weight excluding hydrogens is 460 g/mol. The Labute approximate surface area is 209 Å². The maximum absolute atomic E-state index is 13.9. The topological polar surface area (TPSA) is 66.9 Å².